The van der Waals surface area contributed by atoms with Gasteiger partial charge in [0, 0.05) is 16.3 Å². The second kappa shape index (κ2) is 5.44. The number of thiophene rings is 1. The van der Waals surface area contributed by atoms with E-state index in [1.807, 2.05) is 6.92 Å². The van der Waals surface area contributed by atoms with Crippen molar-refractivity contribution in [2.24, 2.45) is 5.73 Å². The van der Waals surface area contributed by atoms with Gasteiger partial charge in [0.2, 0.25) is 5.91 Å². The van der Waals surface area contributed by atoms with Crippen molar-refractivity contribution in [3.05, 3.63) is 33.5 Å². The number of primary amides is 1. The predicted molar refractivity (Wildman–Crippen MR) is 73.2 cm³/mol. The van der Waals surface area contributed by atoms with Gasteiger partial charge in [0.15, 0.2) is 0 Å². The lowest BCUT2D eigenvalue weighted by atomic mass is 10.0. The fraction of sp³-hybridized carbons (Fsp3) is 0.385. The van der Waals surface area contributed by atoms with Crippen molar-refractivity contribution in [3.63, 3.8) is 0 Å². The zero-order chi connectivity index (χ0) is 14.0. The average Bonchev–Trinajstić information content (AvgIpc) is 2.70. The van der Waals surface area contributed by atoms with E-state index in [1.165, 1.54) is 17.4 Å². The first kappa shape index (κ1) is 13.6. The van der Waals surface area contributed by atoms with Crippen LogP contribution in [0.5, 0.6) is 0 Å². The van der Waals surface area contributed by atoms with E-state index < -0.39 is 5.91 Å². The zero-order valence-corrected chi connectivity index (χ0v) is 11.6. The number of ether oxygens (including phenoxy) is 1. The molecule has 5 nitrogen and oxygen atoms in total. The van der Waals surface area contributed by atoms with Gasteiger partial charge in [0.1, 0.15) is 6.61 Å². The molecule has 0 saturated carbocycles. The number of nitrogens with two attached hydrogens (primary N) is 1. The molecule has 0 radical (unpaired) electrons. The Morgan fingerprint density at radius 2 is 2.32 bits per heavy atom. The number of carbonyl (C=O) groups is 2. The van der Waals surface area contributed by atoms with E-state index in [-0.39, 0.29) is 12.7 Å². The van der Waals surface area contributed by atoms with Crippen molar-refractivity contribution in [1.29, 1.82) is 0 Å². The Hall–Kier alpha value is -1.82. The number of nitrogens with zero attached hydrogens (tertiary/aromatic N) is 1. The lowest BCUT2D eigenvalue weighted by molar-refractivity contribution is 0.0998. The molecule has 0 bridgehead atoms. The van der Waals surface area contributed by atoms with Crippen LogP contribution in [0.4, 0.5) is 4.79 Å². The number of rotatable bonds is 3. The van der Waals surface area contributed by atoms with Gasteiger partial charge in [0.05, 0.1) is 12.1 Å². The summed E-state index contributed by atoms with van der Waals surface area (Å²) >= 11 is 1.52. The summed E-state index contributed by atoms with van der Waals surface area (Å²) in [6, 6.07) is 0. The van der Waals surface area contributed by atoms with Crippen LogP contribution in [0.25, 0.3) is 0 Å². The minimum absolute atomic E-state index is 0.207. The van der Waals surface area contributed by atoms with Crippen molar-refractivity contribution in [2.75, 3.05) is 13.2 Å². The van der Waals surface area contributed by atoms with Gasteiger partial charge in [-0.25, -0.2) is 4.79 Å². The SMILES string of the molecule is C=CCOC(=O)N1CCc2c(sc(C)c2C(N)=O)C1. The molecule has 2 amide bonds. The highest BCUT2D eigenvalue weighted by Crippen LogP contribution is 2.32. The van der Waals surface area contributed by atoms with Crippen LogP contribution in [0.2, 0.25) is 0 Å². The van der Waals surface area contributed by atoms with Crippen LogP contribution in [0.1, 0.15) is 25.7 Å². The quantitative estimate of drug-likeness (QED) is 0.859. The monoisotopic (exact) mass is 280 g/mol. The Kier molecular flexibility index (Phi) is 3.90. The summed E-state index contributed by atoms with van der Waals surface area (Å²) in [5.74, 6) is -0.391. The van der Waals surface area contributed by atoms with Crippen LogP contribution in [-0.2, 0) is 17.7 Å². The van der Waals surface area contributed by atoms with Gasteiger partial charge in [-0.3, -0.25) is 4.79 Å². The molecular formula is C13H16N2O3S. The Bertz CT molecular complexity index is 536. The normalized spacial score (nSPS) is 13.8. The van der Waals surface area contributed by atoms with Crippen LogP contribution in [0, 0.1) is 6.92 Å². The summed E-state index contributed by atoms with van der Waals surface area (Å²) in [5.41, 5.74) is 7.01. The standard InChI is InChI=1S/C13H16N2O3S/c1-3-6-18-13(17)15-5-4-9-10(7-15)19-8(2)11(9)12(14)16/h3H,1,4-7H2,2H3,(H2,14,16). The van der Waals surface area contributed by atoms with Gasteiger partial charge in [0.25, 0.3) is 0 Å². The van der Waals surface area contributed by atoms with Crippen molar-refractivity contribution in [3.8, 4) is 0 Å². The summed E-state index contributed by atoms with van der Waals surface area (Å²) < 4.78 is 5.01. The number of carbonyl (C=O) groups excluding carboxylic acids is 2. The summed E-state index contributed by atoms with van der Waals surface area (Å²) in [4.78, 5) is 26.8. The highest BCUT2D eigenvalue weighted by molar-refractivity contribution is 7.12. The first-order chi connectivity index (χ1) is 9.04. The van der Waals surface area contributed by atoms with Crippen LogP contribution in [-0.4, -0.2) is 30.1 Å². The molecule has 2 N–H and O–H groups in total. The van der Waals surface area contributed by atoms with Crippen molar-refractivity contribution < 1.29 is 14.3 Å². The van der Waals surface area contributed by atoms with E-state index >= 15 is 0 Å². The van der Waals surface area contributed by atoms with Gasteiger partial charge >= 0.3 is 6.09 Å². The van der Waals surface area contributed by atoms with Crippen molar-refractivity contribution >= 4 is 23.3 Å². The molecule has 1 aliphatic rings. The number of hydrogen-bond acceptors (Lipinski definition) is 4. The lowest BCUT2D eigenvalue weighted by Gasteiger charge is -2.26. The fourth-order valence-electron chi connectivity index (χ4n) is 2.24. The molecule has 0 atom stereocenters. The summed E-state index contributed by atoms with van der Waals surface area (Å²) in [7, 11) is 0. The van der Waals surface area contributed by atoms with E-state index in [9.17, 15) is 9.59 Å². The van der Waals surface area contributed by atoms with Crippen LogP contribution < -0.4 is 5.73 Å². The van der Waals surface area contributed by atoms with Crippen molar-refractivity contribution in [2.45, 2.75) is 19.9 Å². The highest BCUT2D eigenvalue weighted by Gasteiger charge is 2.27. The van der Waals surface area contributed by atoms with Crippen molar-refractivity contribution in [1.82, 2.24) is 4.90 Å². The Morgan fingerprint density at radius 1 is 1.58 bits per heavy atom. The van der Waals surface area contributed by atoms with Gasteiger partial charge < -0.3 is 15.4 Å². The third kappa shape index (κ3) is 2.63. The van der Waals surface area contributed by atoms with E-state index in [2.05, 4.69) is 6.58 Å². The third-order valence-electron chi connectivity index (χ3n) is 3.06. The second-order valence-corrected chi connectivity index (χ2v) is 5.65. The van der Waals surface area contributed by atoms with E-state index in [0.29, 0.717) is 25.1 Å². The molecule has 0 aromatic carbocycles. The maximum Gasteiger partial charge on any atom is 0.410 e. The summed E-state index contributed by atoms with van der Waals surface area (Å²) in [5, 5.41) is 0. The Balaban J connectivity index is 2.17. The molecule has 0 saturated heterocycles. The fourth-order valence-corrected chi connectivity index (χ4v) is 3.48. The lowest BCUT2D eigenvalue weighted by Crippen LogP contribution is -2.36. The molecule has 0 fully saturated rings. The number of aryl methyl sites for hydroxylation is 1. The first-order valence-corrected chi connectivity index (χ1v) is 6.79. The predicted octanol–water partition coefficient (Wildman–Crippen LogP) is 1.84. The molecule has 1 aromatic heterocycles. The highest BCUT2D eigenvalue weighted by atomic mass is 32.1. The Labute approximate surface area is 115 Å². The second-order valence-electron chi connectivity index (χ2n) is 4.34. The van der Waals surface area contributed by atoms with E-state index in [0.717, 1.165) is 15.3 Å². The minimum atomic E-state index is -0.391. The summed E-state index contributed by atoms with van der Waals surface area (Å²) in [6.45, 7) is 6.61. The van der Waals surface area contributed by atoms with Crippen LogP contribution in [0.15, 0.2) is 12.7 Å². The first-order valence-electron chi connectivity index (χ1n) is 5.98. The summed E-state index contributed by atoms with van der Waals surface area (Å²) in [6.07, 6.45) is 1.83. The smallest absolute Gasteiger partial charge is 0.410 e. The number of amides is 2. The largest absolute Gasteiger partial charge is 0.445 e. The Morgan fingerprint density at radius 3 is 2.95 bits per heavy atom. The maximum atomic E-state index is 11.8. The molecule has 102 valence electrons. The molecule has 0 unspecified atom stereocenters. The van der Waals surface area contributed by atoms with E-state index in [1.54, 1.807) is 4.90 Å². The van der Waals surface area contributed by atoms with Crippen LogP contribution in [0.3, 0.4) is 0 Å². The molecule has 19 heavy (non-hydrogen) atoms. The average molecular weight is 280 g/mol. The molecular weight excluding hydrogens is 264 g/mol. The molecule has 0 spiro atoms. The zero-order valence-electron chi connectivity index (χ0n) is 10.8. The van der Waals surface area contributed by atoms with Gasteiger partial charge in [-0.1, -0.05) is 12.7 Å². The molecule has 2 rings (SSSR count). The molecule has 0 aliphatic carbocycles. The van der Waals surface area contributed by atoms with E-state index in [4.69, 9.17) is 10.5 Å². The van der Waals surface area contributed by atoms with Gasteiger partial charge in [-0.2, -0.15) is 0 Å². The van der Waals surface area contributed by atoms with Gasteiger partial charge in [-0.15, -0.1) is 11.3 Å². The third-order valence-corrected chi connectivity index (χ3v) is 4.19. The molecule has 1 aromatic rings. The van der Waals surface area contributed by atoms with Gasteiger partial charge in [-0.05, 0) is 18.9 Å². The molecule has 1 aliphatic heterocycles. The topological polar surface area (TPSA) is 72.6 Å². The number of fused-ring (bicyclic) bond motifs is 1. The van der Waals surface area contributed by atoms with Crippen LogP contribution >= 0.6 is 11.3 Å². The minimum Gasteiger partial charge on any atom is -0.445 e. The molecule has 6 heteroatoms. The molecule has 2 heterocycles. The number of hydrogen-bond donors (Lipinski definition) is 1. The maximum absolute atomic E-state index is 11.8.